The molecule has 0 N–H and O–H groups in total. The Kier molecular flexibility index (Phi) is 3.54. The molecule has 0 atom stereocenters. The molecule has 2 heteroatoms. The van der Waals surface area contributed by atoms with E-state index in [1.54, 1.807) is 0 Å². The summed E-state index contributed by atoms with van der Waals surface area (Å²) in [6.45, 7) is 6.13. The minimum atomic E-state index is 0.599. The van der Waals surface area contributed by atoms with Crippen LogP contribution in [0.2, 0.25) is 0 Å². The van der Waals surface area contributed by atoms with Gasteiger partial charge in [-0.15, -0.1) is 0 Å². The van der Waals surface area contributed by atoms with Crippen LogP contribution in [0.15, 0.2) is 47.5 Å². The molecule has 0 saturated carbocycles. The number of aliphatic imine (C=N–C) groups is 1. The normalized spacial score (nSPS) is 9.78. The van der Waals surface area contributed by atoms with E-state index in [1.807, 2.05) is 43.3 Å². The standard InChI is InChI=1S/C16H14N2/c1-12-6-7-15(10-17)16(8-12)14-5-3-4-13(9-14)11-18-2/h3-9H,2,11H2,1H3. The van der Waals surface area contributed by atoms with Crippen molar-refractivity contribution in [3.05, 3.63) is 59.2 Å². The topological polar surface area (TPSA) is 36.1 Å². The average Bonchev–Trinajstić information content (AvgIpc) is 2.39. The van der Waals surface area contributed by atoms with Crippen LogP contribution in [0.25, 0.3) is 11.1 Å². The second-order valence-corrected chi connectivity index (χ2v) is 4.24. The predicted molar refractivity (Wildman–Crippen MR) is 74.6 cm³/mol. The van der Waals surface area contributed by atoms with Gasteiger partial charge in [0, 0.05) is 0 Å². The van der Waals surface area contributed by atoms with Gasteiger partial charge in [-0.2, -0.15) is 5.26 Å². The molecule has 0 aliphatic heterocycles. The zero-order valence-corrected chi connectivity index (χ0v) is 10.4. The summed E-state index contributed by atoms with van der Waals surface area (Å²) >= 11 is 0. The lowest BCUT2D eigenvalue weighted by Crippen LogP contribution is -1.88. The minimum absolute atomic E-state index is 0.599. The highest BCUT2D eigenvalue weighted by atomic mass is 14.7. The van der Waals surface area contributed by atoms with Crippen molar-refractivity contribution in [2.45, 2.75) is 13.5 Å². The van der Waals surface area contributed by atoms with Crippen molar-refractivity contribution in [3.8, 4) is 17.2 Å². The minimum Gasteiger partial charge on any atom is -0.296 e. The third-order valence-corrected chi connectivity index (χ3v) is 2.83. The zero-order valence-electron chi connectivity index (χ0n) is 10.4. The molecule has 0 unspecified atom stereocenters. The summed E-state index contributed by atoms with van der Waals surface area (Å²) in [6, 6.07) is 16.2. The van der Waals surface area contributed by atoms with Crippen LogP contribution in [0.3, 0.4) is 0 Å². The van der Waals surface area contributed by atoms with Crippen molar-refractivity contribution in [3.63, 3.8) is 0 Å². The van der Waals surface area contributed by atoms with E-state index in [0.29, 0.717) is 12.1 Å². The first-order valence-electron chi connectivity index (χ1n) is 5.77. The number of hydrogen-bond donors (Lipinski definition) is 0. The number of rotatable bonds is 3. The summed E-state index contributed by atoms with van der Waals surface area (Å²) in [7, 11) is 0. The molecule has 2 aromatic carbocycles. The molecule has 0 aliphatic carbocycles. The lowest BCUT2D eigenvalue weighted by Gasteiger charge is -2.07. The van der Waals surface area contributed by atoms with Crippen LogP contribution < -0.4 is 0 Å². The maximum Gasteiger partial charge on any atom is 0.0998 e. The smallest absolute Gasteiger partial charge is 0.0998 e. The van der Waals surface area contributed by atoms with Gasteiger partial charge in [0.1, 0.15) is 0 Å². The summed E-state index contributed by atoms with van der Waals surface area (Å²) in [6.07, 6.45) is 0. The number of nitriles is 1. The molecule has 0 heterocycles. The van der Waals surface area contributed by atoms with Crippen LogP contribution >= 0.6 is 0 Å². The van der Waals surface area contributed by atoms with E-state index in [0.717, 1.165) is 22.3 Å². The van der Waals surface area contributed by atoms with Gasteiger partial charge in [-0.1, -0.05) is 35.9 Å². The van der Waals surface area contributed by atoms with Crippen molar-refractivity contribution in [2.75, 3.05) is 0 Å². The van der Waals surface area contributed by atoms with Crippen LogP contribution in [-0.2, 0) is 6.54 Å². The van der Waals surface area contributed by atoms with E-state index < -0.39 is 0 Å². The van der Waals surface area contributed by atoms with Crippen molar-refractivity contribution >= 4 is 6.72 Å². The number of benzene rings is 2. The van der Waals surface area contributed by atoms with Crippen LogP contribution in [0.4, 0.5) is 0 Å². The molecule has 0 spiro atoms. The number of aryl methyl sites for hydroxylation is 1. The summed E-state index contributed by atoms with van der Waals surface area (Å²) in [4.78, 5) is 3.89. The highest BCUT2D eigenvalue weighted by Crippen LogP contribution is 2.25. The van der Waals surface area contributed by atoms with E-state index in [2.05, 4.69) is 23.8 Å². The third kappa shape index (κ3) is 2.46. The Morgan fingerprint density at radius 3 is 2.78 bits per heavy atom. The van der Waals surface area contributed by atoms with Gasteiger partial charge < -0.3 is 0 Å². The third-order valence-electron chi connectivity index (χ3n) is 2.83. The van der Waals surface area contributed by atoms with Crippen LogP contribution in [0.5, 0.6) is 0 Å². The highest BCUT2D eigenvalue weighted by Gasteiger charge is 2.05. The first kappa shape index (κ1) is 12.1. The Bertz CT molecular complexity index is 621. The van der Waals surface area contributed by atoms with E-state index in [1.165, 1.54) is 0 Å². The van der Waals surface area contributed by atoms with Crippen molar-refractivity contribution in [1.29, 1.82) is 5.26 Å². The van der Waals surface area contributed by atoms with Gasteiger partial charge in [0.2, 0.25) is 0 Å². The van der Waals surface area contributed by atoms with Crippen LogP contribution in [-0.4, -0.2) is 6.72 Å². The molecule has 0 bridgehead atoms. The number of hydrogen-bond acceptors (Lipinski definition) is 2. The average molecular weight is 234 g/mol. The molecule has 0 radical (unpaired) electrons. The van der Waals surface area contributed by atoms with Crippen molar-refractivity contribution < 1.29 is 0 Å². The van der Waals surface area contributed by atoms with Gasteiger partial charge >= 0.3 is 0 Å². The predicted octanol–water partition coefficient (Wildman–Crippen LogP) is 3.73. The second-order valence-electron chi connectivity index (χ2n) is 4.24. The maximum absolute atomic E-state index is 9.16. The van der Waals surface area contributed by atoms with E-state index in [-0.39, 0.29) is 0 Å². The Labute approximate surface area is 107 Å². The molecule has 2 rings (SSSR count). The SMILES string of the molecule is C=NCc1cccc(-c2cc(C)ccc2C#N)c1. The van der Waals surface area contributed by atoms with Crippen molar-refractivity contribution in [1.82, 2.24) is 0 Å². The zero-order chi connectivity index (χ0) is 13.0. The maximum atomic E-state index is 9.16. The van der Waals surface area contributed by atoms with Crippen LogP contribution in [0, 0.1) is 18.3 Å². The molecule has 2 nitrogen and oxygen atoms in total. The van der Waals surface area contributed by atoms with Crippen LogP contribution in [0.1, 0.15) is 16.7 Å². The van der Waals surface area contributed by atoms with Crippen molar-refractivity contribution in [2.24, 2.45) is 4.99 Å². The molecule has 88 valence electrons. The Balaban J connectivity index is 2.54. The molecule has 0 saturated heterocycles. The quantitative estimate of drug-likeness (QED) is 0.745. The Hall–Kier alpha value is -2.40. The van der Waals surface area contributed by atoms with Gasteiger partial charge in [-0.3, -0.25) is 4.99 Å². The fraction of sp³-hybridized carbons (Fsp3) is 0.125. The molecular formula is C16H14N2. The van der Waals surface area contributed by atoms with Gasteiger partial charge in [0.05, 0.1) is 18.2 Å². The van der Waals surface area contributed by atoms with Gasteiger partial charge in [0.25, 0.3) is 0 Å². The van der Waals surface area contributed by atoms with E-state index in [4.69, 9.17) is 5.26 Å². The molecule has 2 aromatic rings. The molecule has 0 amide bonds. The highest BCUT2D eigenvalue weighted by molar-refractivity contribution is 5.71. The number of nitrogens with zero attached hydrogens (tertiary/aromatic N) is 2. The molecule has 0 fully saturated rings. The van der Waals surface area contributed by atoms with Gasteiger partial charge in [0.15, 0.2) is 0 Å². The summed E-state index contributed by atoms with van der Waals surface area (Å²) in [5, 5.41) is 9.16. The lowest BCUT2D eigenvalue weighted by atomic mass is 9.97. The second kappa shape index (κ2) is 5.29. The van der Waals surface area contributed by atoms with Gasteiger partial charge in [-0.05, 0) is 42.5 Å². The Morgan fingerprint density at radius 1 is 1.22 bits per heavy atom. The summed E-state index contributed by atoms with van der Waals surface area (Å²) in [5.74, 6) is 0. The lowest BCUT2D eigenvalue weighted by molar-refractivity contribution is 1.08. The molecular weight excluding hydrogens is 220 g/mol. The largest absolute Gasteiger partial charge is 0.296 e. The Morgan fingerprint density at radius 2 is 2.06 bits per heavy atom. The summed E-state index contributed by atoms with van der Waals surface area (Å²) < 4.78 is 0. The summed E-state index contributed by atoms with van der Waals surface area (Å²) in [5.41, 5.74) is 4.98. The van der Waals surface area contributed by atoms with E-state index in [9.17, 15) is 0 Å². The van der Waals surface area contributed by atoms with E-state index >= 15 is 0 Å². The molecule has 0 aliphatic rings. The monoisotopic (exact) mass is 234 g/mol. The van der Waals surface area contributed by atoms with Gasteiger partial charge in [-0.25, -0.2) is 0 Å². The first-order valence-corrected chi connectivity index (χ1v) is 5.77. The molecule has 18 heavy (non-hydrogen) atoms. The fourth-order valence-corrected chi connectivity index (χ4v) is 1.96. The first-order chi connectivity index (χ1) is 8.74. The fourth-order valence-electron chi connectivity index (χ4n) is 1.96. The molecule has 0 aromatic heterocycles.